The number of carbonyl (C=O) groups excluding carboxylic acids is 1. The Morgan fingerprint density at radius 1 is 1.17 bits per heavy atom. The average Bonchev–Trinajstić information content (AvgIpc) is 2.75. The van der Waals surface area contributed by atoms with Crippen LogP contribution in [0.5, 0.6) is 0 Å². The molecule has 1 saturated heterocycles. The Bertz CT molecular complexity index is 890. The fourth-order valence-electron chi connectivity index (χ4n) is 3.68. The first-order valence-corrected chi connectivity index (χ1v) is 10.9. The lowest BCUT2D eigenvalue weighted by Crippen LogP contribution is -2.33. The number of nitrogens with zero attached hydrogens (tertiary/aromatic N) is 1. The fraction of sp³-hybridized carbons (Fsp3) is 0.417. The topological polar surface area (TPSA) is 53.6 Å². The van der Waals surface area contributed by atoms with Crippen LogP contribution in [0.3, 0.4) is 0 Å². The number of thiocarbonyl (C=S) groups is 1. The van der Waals surface area contributed by atoms with Gasteiger partial charge in [-0.1, -0.05) is 25.1 Å². The second-order valence-electron chi connectivity index (χ2n) is 8.10. The molecule has 0 aliphatic carbocycles. The first kappa shape index (κ1) is 22.1. The molecule has 6 heteroatoms. The molecule has 0 unspecified atom stereocenters. The van der Waals surface area contributed by atoms with Crippen molar-refractivity contribution in [3.8, 4) is 0 Å². The molecule has 1 aliphatic heterocycles. The van der Waals surface area contributed by atoms with Gasteiger partial charge in [0.25, 0.3) is 0 Å². The van der Waals surface area contributed by atoms with Crippen molar-refractivity contribution in [1.29, 1.82) is 0 Å². The molecule has 1 heterocycles. The predicted molar refractivity (Wildman–Crippen MR) is 127 cm³/mol. The molecule has 1 aliphatic rings. The molecule has 1 fully saturated rings. The lowest BCUT2D eigenvalue weighted by molar-refractivity contribution is 0.0601. The van der Waals surface area contributed by atoms with Gasteiger partial charge in [0.15, 0.2) is 5.11 Å². The van der Waals surface area contributed by atoms with Crippen molar-refractivity contribution < 1.29 is 9.53 Å². The molecule has 0 amide bonds. The van der Waals surface area contributed by atoms with Crippen LogP contribution in [0, 0.1) is 12.8 Å². The van der Waals surface area contributed by atoms with Gasteiger partial charge in [0, 0.05) is 24.5 Å². The summed E-state index contributed by atoms with van der Waals surface area (Å²) in [6.07, 6.45) is 2.52. The van der Waals surface area contributed by atoms with Crippen LogP contribution >= 0.6 is 12.2 Å². The summed E-state index contributed by atoms with van der Waals surface area (Å²) in [4.78, 5) is 14.2. The number of esters is 1. The minimum atomic E-state index is -0.367. The molecule has 0 aromatic heterocycles. The summed E-state index contributed by atoms with van der Waals surface area (Å²) in [5.41, 5.74) is 4.74. The molecule has 2 aromatic carbocycles. The van der Waals surface area contributed by atoms with Crippen molar-refractivity contribution in [2.24, 2.45) is 5.92 Å². The molecule has 0 radical (unpaired) electrons. The van der Waals surface area contributed by atoms with Gasteiger partial charge in [0.1, 0.15) is 0 Å². The first-order chi connectivity index (χ1) is 14.4. The number of carbonyl (C=O) groups is 1. The van der Waals surface area contributed by atoms with E-state index in [1.807, 2.05) is 13.0 Å². The zero-order valence-corrected chi connectivity index (χ0v) is 19.0. The molecule has 1 atom stereocenters. The molecular weight excluding hydrogens is 394 g/mol. The molecule has 2 N–H and O–H groups in total. The van der Waals surface area contributed by atoms with E-state index in [1.165, 1.54) is 31.2 Å². The maximum absolute atomic E-state index is 11.8. The number of nitrogens with one attached hydrogen (secondary N) is 2. The van der Waals surface area contributed by atoms with Gasteiger partial charge in [0.2, 0.25) is 0 Å². The molecular formula is C24H31N3O2S. The van der Waals surface area contributed by atoms with Crippen molar-refractivity contribution >= 4 is 34.7 Å². The van der Waals surface area contributed by atoms with E-state index in [1.54, 1.807) is 12.1 Å². The van der Waals surface area contributed by atoms with Gasteiger partial charge in [-0.15, -0.1) is 0 Å². The van der Waals surface area contributed by atoms with Crippen LogP contribution in [0.25, 0.3) is 0 Å². The third-order valence-corrected chi connectivity index (χ3v) is 6.02. The van der Waals surface area contributed by atoms with Gasteiger partial charge in [-0.25, -0.2) is 4.79 Å². The summed E-state index contributed by atoms with van der Waals surface area (Å²) in [5, 5.41) is 7.05. The number of methoxy groups -OCH3 is 1. The van der Waals surface area contributed by atoms with Crippen LogP contribution in [-0.4, -0.2) is 31.3 Å². The van der Waals surface area contributed by atoms with Crippen molar-refractivity contribution in [2.75, 3.05) is 30.4 Å². The van der Waals surface area contributed by atoms with Gasteiger partial charge >= 0.3 is 5.97 Å². The van der Waals surface area contributed by atoms with Crippen LogP contribution in [0.2, 0.25) is 0 Å². The van der Waals surface area contributed by atoms with E-state index in [0.29, 0.717) is 10.7 Å². The van der Waals surface area contributed by atoms with Gasteiger partial charge in [-0.05, 0) is 80.2 Å². The largest absolute Gasteiger partial charge is 0.465 e. The van der Waals surface area contributed by atoms with E-state index in [-0.39, 0.29) is 12.0 Å². The van der Waals surface area contributed by atoms with Crippen LogP contribution in [-0.2, 0) is 4.74 Å². The summed E-state index contributed by atoms with van der Waals surface area (Å²) in [5.74, 6) is 0.462. The zero-order chi connectivity index (χ0) is 21.7. The lowest BCUT2D eigenvalue weighted by Gasteiger charge is -2.32. The van der Waals surface area contributed by atoms with Crippen molar-refractivity contribution in [3.05, 3.63) is 59.2 Å². The minimum absolute atomic E-state index is 0.0597. The number of anilines is 2. The number of hydrogen-bond acceptors (Lipinski definition) is 4. The third kappa shape index (κ3) is 5.51. The average molecular weight is 426 g/mol. The number of ether oxygens (including phenoxy) is 1. The summed E-state index contributed by atoms with van der Waals surface area (Å²) in [6, 6.07) is 14.2. The second kappa shape index (κ2) is 9.94. The van der Waals surface area contributed by atoms with E-state index in [4.69, 9.17) is 17.0 Å². The third-order valence-electron chi connectivity index (χ3n) is 5.80. The Hall–Kier alpha value is -2.60. The van der Waals surface area contributed by atoms with E-state index in [0.717, 1.165) is 30.3 Å². The number of rotatable bonds is 5. The number of hydrogen-bond donors (Lipinski definition) is 2. The predicted octanol–water partition coefficient (Wildman–Crippen LogP) is 5.07. The van der Waals surface area contributed by atoms with Gasteiger partial charge in [-0.3, -0.25) is 0 Å². The lowest BCUT2D eigenvalue weighted by atomic mass is 9.98. The summed E-state index contributed by atoms with van der Waals surface area (Å²) in [7, 11) is 1.38. The van der Waals surface area contributed by atoms with Crippen molar-refractivity contribution in [1.82, 2.24) is 5.32 Å². The molecule has 3 rings (SSSR count). The summed E-state index contributed by atoms with van der Waals surface area (Å²) in [6.45, 7) is 8.65. The standard InChI is InChI=1S/C24H31N3O2S/c1-16-11-13-27(14-12-16)21-9-7-19(8-10-21)18(3)25-24(30)26-22-15-20(23(28)29-4)6-5-17(22)2/h5-10,15-16,18H,11-14H2,1-4H3,(H2,25,26,30)/t18-/m0/s1. The van der Waals surface area contributed by atoms with Gasteiger partial charge in [0.05, 0.1) is 18.7 Å². The Kier molecular flexibility index (Phi) is 7.32. The highest BCUT2D eigenvalue weighted by molar-refractivity contribution is 7.80. The van der Waals surface area contributed by atoms with Crippen molar-refractivity contribution in [3.63, 3.8) is 0 Å². The quantitative estimate of drug-likeness (QED) is 0.516. The highest BCUT2D eigenvalue weighted by Gasteiger charge is 2.16. The zero-order valence-electron chi connectivity index (χ0n) is 18.2. The van der Waals surface area contributed by atoms with Gasteiger partial charge in [-0.2, -0.15) is 0 Å². The maximum atomic E-state index is 11.8. The first-order valence-electron chi connectivity index (χ1n) is 10.5. The highest BCUT2D eigenvalue weighted by Crippen LogP contribution is 2.25. The Morgan fingerprint density at radius 2 is 1.83 bits per heavy atom. The van der Waals surface area contributed by atoms with E-state index in [9.17, 15) is 4.79 Å². The normalized spacial score (nSPS) is 15.4. The summed E-state index contributed by atoms with van der Waals surface area (Å²) < 4.78 is 4.80. The Labute approximate surface area is 184 Å². The highest BCUT2D eigenvalue weighted by atomic mass is 32.1. The molecule has 0 saturated carbocycles. The molecule has 2 aromatic rings. The summed E-state index contributed by atoms with van der Waals surface area (Å²) >= 11 is 5.50. The molecule has 5 nitrogen and oxygen atoms in total. The smallest absolute Gasteiger partial charge is 0.337 e. The Morgan fingerprint density at radius 3 is 2.47 bits per heavy atom. The monoisotopic (exact) mass is 425 g/mol. The van der Waals surface area contributed by atoms with E-state index in [2.05, 4.69) is 53.6 Å². The molecule has 30 heavy (non-hydrogen) atoms. The molecule has 0 spiro atoms. The number of piperidine rings is 1. The Balaban J connectivity index is 1.60. The number of benzene rings is 2. The SMILES string of the molecule is COC(=O)c1ccc(C)c(NC(=S)N[C@@H](C)c2ccc(N3CCC(C)CC3)cc2)c1. The molecule has 160 valence electrons. The fourth-order valence-corrected chi connectivity index (χ4v) is 3.97. The van der Waals surface area contributed by atoms with Crippen LogP contribution in [0.15, 0.2) is 42.5 Å². The number of aryl methyl sites for hydroxylation is 1. The van der Waals surface area contributed by atoms with Crippen molar-refractivity contribution in [2.45, 2.75) is 39.7 Å². The maximum Gasteiger partial charge on any atom is 0.337 e. The van der Waals surface area contributed by atoms with E-state index < -0.39 is 0 Å². The van der Waals surface area contributed by atoms with E-state index >= 15 is 0 Å². The van der Waals surface area contributed by atoms with Crippen LogP contribution in [0.4, 0.5) is 11.4 Å². The van der Waals surface area contributed by atoms with Crippen LogP contribution < -0.4 is 15.5 Å². The minimum Gasteiger partial charge on any atom is -0.465 e. The molecule has 0 bridgehead atoms. The van der Waals surface area contributed by atoms with Gasteiger partial charge < -0.3 is 20.3 Å². The second-order valence-corrected chi connectivity index (χ2v) is 8.51. The van der Waals surface area contributed by atoms with Crippen LogP contribution in [0.1, 0.15) is 54.2 Å².